The molecule has 0 atom stereocenters. The van der Waals surface area contributed by atoms with E-state index in [9.17, 15) is 0 Å². The number of aromatic nitrogens is 1. The summed E-state index contributed by atoms with van der Waals surface area (Å²) in [6, 6.07) is 14.4. The van der Waals surface area contributed by atoms with Gasteiger partial charge in [-0.15, -0.1) is 0 Å². The summed E-state index contributed by atoms with van der Waals surface area (Å²) in [6.45, 7) is 7.36. The van der Waals surface area contributed by atoms with Crippen molar-refractivity contribution in [2.24, 2.45) is 0 Å². The van der Waals surface area contributed by atoms with E-state index in [-0.39, 0.29) is 0 Å². The largest absolute Gasteiger partial charge is 0.436 e. The molecule has 0 spiro atoms. The van der Waals surface area contributed by atoms with E-state index >= 15 is 0 Å². The summed E-state index contributed by atoms with van der Waals surface area (Å²) < 4.78 is 5.85. The molecular weight excluding hydrogens is 260 g/mol. The van der Waals surface area contributed by atoms with Crippen molar-refractivity contribution in [1.29, 1.82) is 0 Å². The third kappa shape index (κ3) is 2.77. The molecule has 0 aliphatic heterocycles. The van der Waals surface area contributed by atoms with Gasteiger partial charge in [-0.2, -0.15) is 0 Å². The Labute approximate surface area is 125 Å². The molecular formula is C18H20N2O. The van der Waals surface area contributed by atoms with Gasteiger partial charge < -0.3 is 9.73 Å². The second-order valence-electron chi connectivity index (χ2n) is 5.51. The Hall–Kier alpha value is -2.29. The zero-order valence-corrected chi connectivity index (χ0v) is 12.7. The first-order valence-electron chi connectivity index (χ1n) is 7.42. The molecule has 3 aromatic rings. The van der Waals surface area contributed by atoms with Gasteiger partial charge in [-0.3, -0.25) is 0 Å². The van der Waals surface area contributed by atoms with Crippen LogP contribution in [0.25, 0.3) is 22.6 Å². The van der Waals surface area contributed by atoms with Crippen LogP contribution in [0, 0.1) is 0 Å². The first-order valence-corrected chi connectivity index (χ1v) is 7.42. The fraction of sp³-hybridized carbons (Fsp3) is 0.278. The maximum atomic E-state index is 5.85. The van der Waals surface area contributed by atoms with Crippen LogP contribution < -0.4 is 5.32 Å². The molecule has 3 rings (SSSR count). The molecule has 2 aromatic carbocycles. The van der Waals surface area contributed by atoms with Crippen LogP contribution >= 0.6 is 0 Å². The Bertz CT molecular complexity index is 742. The fourth-order valence-electron chi connectivity index (χ4n) is 2.38. The van der Waals surface area contributed by atoms with Gasteiger partial charge in [0.05, 0.1) is 0 Å². The third-order valence-electron chi connectivity index (χ3n) is 3.59. The van der Waals surface area contributed by atoms with E-state index in [1.165, 1.54) is 5.56 Å². The molecule has 0 aliphatic rings. The first kappa shape index (κ1) is 13.7. The Balaban J connectivity index is 1.96. The number of nitrogens with zero attached hydrogens (tertiary/aromatic N) is 1. The molecule has 0 radical (unpaired) electrons. The molecule has 1 N–H and O–H groups in total. The molecule has 0 saturated carbocycles. The van der Waals surface area contributed by atoms with Crippen LogP contribution in [0.5, 0.6) is 0 Å². The number of benzene rings is 2. The SMILES string of the molecule is CCNc1ccc2oc(-c3ccc(C(C)C)cc3)nc2c1. The van der Waals surface area contributed by atoms with E-state index in [1.54, 1.807) is 0 Å². The van der Waals surface area contributed by atoms with E-state index in [2.05, 4.69) is 55.3 Å². The number of hydrogen-bond acceptors (Lipinski definition) is 3. The van der Waals surface area contributed by atoms with Gasteiger partial charge in [0, 0.05) is 17.8 Å². The van der Waals surface area contributed by atoms with Crippen LogP contribution in [0.2, 0.25) is 0 Å². The van der Waals surface area contributed by atoms with Gasteiger partial charge in [0.15, 0.2) is 5.58 Å². The summed E-state index contributed by atoms with van der Waals surface area (Å²) in [5.74, 6) is 1.21. The van der Waals surface area contributed by atoms with Gasteiger partial charge in [-0.1, -0.05) is 26.0 Å². The predicted octanol–water partition coefficient (Wildman–Crippen LogP) is 5.05. The van der Waals surface area contributed by atoms with Crippen LogP contribution in [-0.4, -0.2) is 11.5 Å². The highest BCUT2D eigenvalue weighted by molar-refractivity contribution is 5.80. The van der Waals surface area contributed by atoms with Crippen molar-refractivity contribution in [3.63, 3.8) is 0 Å². The number of oxazole rings is 1. The molecule has 21 heavy (non-hydrogen) atoms. The summed E-state index contributed by atoms with van der Waals surface area (Å²) in [5.41, 5.74) is 5.11. The second-order valence-corrected chi connectivity index (χ2v) is 5.51. The Morgan fingerprint density at radius 1 is 1.10 bits per heavy atom. The average molecular weight is 280 g/mol. The van der Waals surface area contributed by atoms with Crippen LogP contribution in [0.15, 0.2) is 46.9 Å². The monoisotopic (exact) mass is 280 g/mol. The zero-order valence-electron chi connectivity index (χ0n) is 12.7. The maximum absolute atomic E-state index is 5.85. The molecule has 0 aliphatic carbocycles. The minimum absolute atomic E-state index is 0.533. The molecule has 1 aromatic heterocycles. The highest BCUT2D eigenvalue weighted by Gasteiger charge is 2.09. The highest BCUT2D eigenvalue weighted by Crippen LogP contribution is 2.27. The van der Waals surface area contributed by atoms with Crippen molar-refractivity contribution in [3.8, 4) is 11.5 Å². The minimum atomic E-state index is 0.533. The van der Waals surface area contributed by atoms with Gasteiger partial charge in [-0.25, -0.2) is 4.98 Å². The molecule has 3 nitrogen and oxygen atoms in total. The van der Waals surface area contributed by atoms with Crippen molar-refractivity contribution in [2.45, 2.75) is 26.7 Å². The summed E-state index contributed by atoms with van der Waals surface area (Å²) in [7, 11) is 0. The predicted molar refractivity (Wildman–Crippen MR) is 87.7 cm³/mol. The standard InChI is InChI=1S/C18H20N2O/c1-4-19-15-9-10-17-16(11-15)20-18(21-17)14-7-5-13(6-8-14)12(2)3/h5-12,19H,4H2,1-3H3. The summed E-state index contributed by atoms with van der Waals surface area (Å²) in [4.78, 5) is 4.59. The summed E-state index contributed by atoms with van der Waals surface area (Å²) in [6.07, 6.45) is 0. The maximum Gasteiger partial charge on any atom is 0.227 e. The number of hydrogen-bond donors (Lipinski definition) is 1. The van der Waals surface area contributed by atoms with Crippen molar-refractivity contribution in [3.05, 3.63) is 48.0 Å². The summed E-state index contributed by atoms with van der Waals surface area (Å²) >= 11 is 0. The van der Waals surface area contributed by atoms with E-state index < -0.39 is 0 Å². The van der Waals surface area contributed by atoms with Crippen molar-refractivity contribution in [1.82, 2.24) is 4.98 Å². The van der Waals surface area contributed by atoms with E-state index in [4.69, 9.17) is 4.42 Å². The average Bonchev–Trinajstić information content (AvgIpc) is 2.91. The highest BCUT2D eigenvalue weighted by atomic mass is 16.3. The Kier molecular flexibility index (Phi) is 3.65. The minimum Gasteiger partial charge on any atom is -0.436 e. The van der Waals surface area contributed by atoms with Gasteiger partial charge in [0.2, 0.25) is 5.89 Å². The quantitative estimate of drug-likeness (QED) is 0.726. The zero-order chi connectivity index (χ0) is 14.8. The Morgan fingerprint density at radius 3 is 2.52 bits per heavy atom. The molecule has 0 fully saturated rings. The lowest BCUT2D eigenvalue weighted by Gasteiger charge is -2.04. The molecule has 108 valence electrons. The number of nitrogens with one attached hydrogen (secondary N) is 1. The third-order valence-corrected chi connectivity index (χ3v) is 3.59. The molecule has 0 unspecified atom stereocenters. The Morgan fingerprint density at radius 2 is 1.86 bits per heavy atom. The van der Waals surface area contributed by atoms with Crippen molar-refractivity contribution in [2.75, 3.05) is 11.9 Å². The molecule has 0 bridgehead atoms. The van der Waals surface area contributed by atoms with Gasteiger partial charge in [0.1, 0.15) is 5.52 Å². The number of rotatable bonds is 4. The van der Waals surface area contributed by atoms with E-state index in [1.807, 2.05) is 18.2 Å². The number of anilines is 1. The normalized spacial score (nSPS) is 11.2. The van der Waals surface area contributed by atoms with Crippen LogP contribution in [0.4, 0.5) is 5.69 Å². The van der Waals surface area contributed by atoms with Crippen LogP contribution in [0.3, 0.4) is 0 Å². The van der Waals surface area contributed by atoms with Gasteiger partial charge in [-0.05, 0) is 48.7 Å². The molecule has 0 amide bonds. The van der Waals surface area contributed by atoms with Gasteiger partial charge >= 0.3 is 0 Å². The van der Waals surface area contributed by atoms with Crippen LogP contribution in [-0.2, 0) is 0 Å². The lowest BCUT2D eigenvalue weighted by Crippen LogP contribution is -1.95. The second kappa shape index (κ2) is 5.60. The van der Waals surface area contributed by atoms with E-state index in [0.717, 1.165) is 28.9 Å². The lowest BCUT2D eigenvalue weighted by atomic mass is 10.0. The van der Waals surface area contributed by atoms with Gasteiger partial charge in [0.25, 0.3) is 0 Å². The topological polar surface area (TPSA) is 38.1 Å². The molecule has 1 heterocycles. The molecule has 3 heteroatoms. The summed E-state index contributed by atoms with van der Waals surface area (Å²) in [5, 5.41) is 3.29. The van der Waals surface area contributed by atoms with Crippen molar-refractivity contribution < 1.29 is 4.42 Å². The lowest BCUT2D eigenvalue weighted by molar-refractivity contribution is 0.620. The first-order chi connectivity index (χ1) is 10.2. The fourth-order valence-corrected chi connectivity index (χ4v) is 2.38. The van der Waals surface area contributed by atoms with Crippen molar-refractivity contribution >= 4 is 16.8 Å². The number of fused-ring (bicyclic) bond motifs is 1. The van der Waals surface area contributed by atoms with Crippen LogP contribution in [0.1, 0.15) is 32.3 Å². The molecule has 0 saturated heterocycles. The smallest absolute Gasteiger partial charge is 0.227 e. The van der Waals surface area contributed by atoms with E-state index in [0.29, 0.717) is 11.8 Å².